The molecule has 3 aromatic rings. The maximum atomic E-state index is 11.3. The Kier molecular flexibility index (Phi) is 6.30. The molecule has 1 fully saturated rings. The number of morpholine rings is 1. The number of hydrogen-bond acceptors (Lipinski definition) is 5. The van der Waals surface area contributed by atoms with Gasteiger partial charge in [0.25, 0.3) is 0 Å². The van der Waals surface area contributed by atoms with E-state index in [4.69, 9.17) is 14.5 Å². The van der Waals surface area contributed by atoms with E-state index in [9.17, 15) is 9.90 Å². The highest BCUT2D eigenvalue weighted by Crippen LogP contribution is 2.21. The van der Waals surface area contributed by atoms with Crippen LogP contribution in [-0.2, 0) is 17.9 Å². The lowest BCUT2D eigenvalue weighted by Gasteiger charge is -2.26. The number of hydrogen-bond donors (Lipinski definition) is 1. The van der Waals surface area contributed by atoms with E-state index in [0.29, 0.717) is 12.1 Å². The molecule has 1 saturated heterocycles. The summed E-state index contributed by atoms with van der Waals surface area (Å²) in [5.41, 5.74) is 3.04. The minimum Gasteiger partial charge on any atom is -0.486 e. The second kappa shape index (κ2) is 9.28. The van der Waals surface area contributed by atoms with Crippen LogP contribution in [0, 0.1) is 6.92 Å². The van der Waals surface area contributed by atoms with Gasteiger partial charge >= 0.3 is 5.97 Å². The Balaban J connectivity index is 1.53. The third kappa shape index (κ3) is 4.80. The van der Waals surface area contributed by atoms with Crippen molar-refractivity contribution < 1.29 is 19.4 Å². The molecule has 1 N–H and O–H groups in total. The van der Waals surface area contributed by atoms with Gasteiger partial charge in [-0.15, -0.1) is 0 Å². The molecular formula is C23H27N3O4. The molecule has 30 heavy (non-hydrogen) atoms. The van der Waals surface area contributed by atoms with Crippen molar-refractivity contribution in [3.63, 3.8) is 0 Å². The zero-order valence-corrected chi connectivity index (χ0v) is 17.2. The number of aromatic carboxylic acids is 1. The fourth-order valence-corrected chi connectivity index (χ4v) is 3.73. The highest BCUT2D eigenvalue weighted by Gasteiger charge is 2.15. The molecule has 1 aromatic heterocycles. The predicted molar refractivity (Wildman–Crippen MR) is 114 cm³/mol. The first-order valence-corrected chi connectivity index (χ1v) is 10.3. The van der Waals surface area contributed by atoms with Crippen molar-refractivity contribution in [3.05, 3.63) is 59.4 Å². The van der Waals surface area contributed by atoms with Gasteiger partial charge in [-0.25, -0.2) is 9.78 Å². The summed E-state index contributed by atoms with van der Waals surface area (Å²) in [6.07, 6.45) is 0.976. The Labute approximate surface area is 175 Å². The van der Waals surface area contributed by atoms with Crippen LogP contribution in [0.15, 0.2) is 42.5 Å². The molecule has 1 aliphatic heterocycles. The van der Waals surface area contributed by atoms with E-state index < -0.39 is 5.97 Å². The van der Waals surface area contributed by atoms with Crippen molar-refractivity contribution >= 4 is 17.0 Å². The monoisotopic (exact) mass is 409 g/mol. The number of benzene rings is 2. The van der Waals surface area contributed by atoms with Crippen molar-refractivity contribution in [2.24, 2.45) is 0 Å². The molecule has 158 valence electrons. The molecule has 0 unspecified atom stereocenters. The normalized spacial score (nSPS) is 14.8. The molecule has 7 nitrogen and oxygen atoms in total. The number of aromatic nitrogens is 2. The largest absolute Gasteiger partial charge is 0.486 e. The molecule has 0 spiro atoms. The van der Waals surface area contributed by atoms with Crippen LogP contribution in [-0.4, -0.2) is 58.4 Å². The average molecular weight is 409 g/mol. The third-order valence-corrected chi connectivity index (χ3v) is 5.42. The number of aryl methyl sites for hydroxylation is 2. The van der Waals surface area contributed by atoms with Crippen LogP contribution < -0.4 is 4.74 Å². The molecule has 0 aliphatic carbocycles. The molecule has 0 radical (unpaired) electrons. The fraction of sp³-hybridized carbons (Fsp3) is 0.391. The topological polar surface area (TPSA) is 76.8 Å². The standard InChI is InChI=1S/C23H27N3O4/c1-17-3-6-19(7-4-17)30-16-22-24-20-15-18(23(27)28)5-8-21(20)26(22)10-2-9-25-11-13-29-14-12-25/h3-8,15H,2,9-14,16H2,1H3,(H,27,28). The zero-order chi connectivity index (χ0) is 20.9. The van der Waals surface area contributed by atoms with Crippen LogP contribution in [0.4, 0.5) is 0 Å². The number of carboxylic acids is 1. The van der Waals surface area contributed by atoms with Crippen molar-refractivity contribution in [1.82, 2.24) is 14.5 Å². The number of fused-ring (bicyclic) bond motifs is 1. The summed E-state index contributed by atoms with van der Waals surface area (Å²) in [6.45, 7) is 7.69. The maximum absolute atomic E-state index is 11.3. The summed E-state index contributed by atoms with van der Waals surface area (Å²) >= 11 is 0. The summed E-state index contributed by atoms with van der Waals surface area (Å²) in [4.78, 5) is 18.5. The number of ether oxygens (including phenoxy) is 2. The number of imidazole rings is 1. The Hall–Kier alpha value is -2.90. The Morgan fingerprint density at radius 2 is 1.90 bits per heavy atom. The smallest absolute Gasteiger partial charge is 0.335 e. The highest BCUT2D eigenvalue weighted by atomic mass is 16.5. The lowest BCUT2D eigenvalue weighted by molar-refractivity contribution is 0.0369. The summed E-state index contributed by atoms with van der Waals surface area (Å²) in [5, 5.41) is 9.31. The van der Waals surface area contributed by atoms with E-state index in [-0.39, 0.29) is 5.56 Å². The zero-order valence-electron chi connectivity index (χ0n) is 17.2. The second-order valence-electron chi connectivity index (χ2n) is 7.60. The van der Waals surface area contributed by atoms with E-state index in [1.54, 1.807) is 12.1 Å². The van der Waals surface area contributed by atoms with E-state index >= 15 is 0 Å². The number of nitrogens with zero attached hydrogens (tertiary/aromatic N) is 3. The van der Waals surface area contributed by atoms with Crippen LogP contribution in [0.5, 0.6) is 5.75 Å². The summed E-state index contributed by atoms with van der Waals surface area (Å²) in [7, 11) is 0. The minimum absolute atomic E-state index is 0.242. The van der Waals surface area contributed by atoms with Crippen molar-refractivity contribution in [2.75, 3.05) is 32.8 Å². The SMILES string of the molecule is Cc1ccc(OCc2nc3cc(C(=O)O)ccc3n2CCCN2CCOCC2)cc1. The second-order valence-corrected chi connectivity index (χ2v) is 7.60. The first kappa shape index (κ1) is 20.4. The van der Waals surface area contributed by atoms with Gasteiger partial charge in [0.05, 0.1) is 29.8 Å². The Morgan fingerprint density at radius 1 is 1.13 bits per heavy atom. The Morgan fingerprint density at radius 3 is 2.63 bits per heavy atom. The van der Waals surface area contributed by atoms with Crippen molar-refractivity contribution in [3.8, 4) is 5.75 Å². The average Bonchev–Trinajstić information content (AvgIpc) is 3.11. The maximum Gasteiger partial charge on any atom is 0.335 e. The molecule has 0 amide bonds. The first-order valence-electron chi connectivity index (χ1n) is 10.3. The van der Waals surface area contributed by atoms with Gasteiger partial charge in [-0.2, -0.15) is 0 Å². The van der Waals surface area contributed by atoms with Gasteiger partial charge in [0, 0.05) is 26.2 Å². The predicted octanol–water partition coefficient (Wildman–Crippen LogP) is 3.34. The van der Waals surface area contributed by atoms with Gasteiger partial charge in [-0.05, 0) is 43.7 Å². The van der Waals surface area contributed by atoms with Gasteiger partial charge in [0.15, 0.2) is 0 Å². The quantitative estimate of drug-likeness (QED) is 0.615. The van der Waals surface area contributed by atoms with E-state index in [1.165, 1.54) is 5.56 Å². The molecule has 4 rings (SSSR count). The number of carbonyl (C=O) groups is 1. The molecule has 0 atom stereocenters. The molecule has 2 aromatic carbocycles. The lowest BCUT2D eigenvalue weighted by Crippen LogP contribution is -2.37. The van der Waals surface area contributed by atoms with Gasteiger partial charge < -0.3 is 19.1 Å². The van der Waals surface area contributed by atoms with Crippen LogP contribution >= 0.6 is 0 Å². The van der Waals surface area contributed by atoms with Crippen LogP contribution in [0.1, 0.15) is 28.2 Å². The lowest BCUT2D eigenvalue weighted by atomic mass is 10.2. The van der Waals surface area contributed by atoms with E-state index in [2.05, 4.69) is 9.47 Å². The van der Waals surface area contributed by atoms with E-state index in [1.807, 2.05) is 37.3 Å². The van der Waals surface area contributed by atoms with Crippen LogP contribution in [0.25, 0.3) is 11.0 Å². The van der Waals surface area contributed by atoms with Gasteiger partial charge in [-0.3, -0.25) is 4.90 Å². The van der Waals surface area contributed by atoms with Crippen molar-refractivity contribution in [1.29, 1.82) is 0 Å². The Bertz CT molecular complexity index is 1010. The molecule has 2 heterocycles. The van der Waals surface area contributed by atoms with Gasteiger partial charge in [0.1, 0.15) is 18.2 Å². The van der Waals surface area contributed by atoms with Crippen LogP contribution in [0.3, 0.4) is 0 Å². The summed E-state index contributed by atoms with van der Waals surface area (Å²) in [5.74, 6) is 0.644. The molecular weight excluding hydrogens is 382 g/mol. The summed E-state index contributed by atoms with van der Waals surface area (Å²) < 4.78 is 13.5. The molecule has 1 aliphatic rings. The van der Waals surface area contributed by atoms with Gasteiger partial charge in [-0.1, -0.05) is 17.7 Å². The van der Waals surface area contributed by atoms with Crippen molar-refractivity contribution in [2.45, 2.75) is 26.5 Å². The van der Waals surface area contributed by atoms with Gasteiger partial charge in [0.2, 0.25) is 0 Å². The van der Waals surface area contributed by atoms with Crippen LogP contribution in [0.2, 0.25) is 0 Å². The molecule has 7 heteroatoms. The van der Waals surface area contributed by atoms with E-state index in [0.717, 1.165) is 62.9 Å². The highest BCUT2D eigenvalue weighted by molar-refractivity contribution is 5.92. The minimum atomic E-state index is -0.948. The third-order valence-electron chi connectivity index (χ3n) is 5.42. The molecule has 0 bridgehead atoms. The first-order chi connectivity index (χ1) is 14.6. The number of rotatable bonds is 8. The molecule has 0 saturated carbocycles. The number of carboxylic acid groups (broad SMARTS) is 1. The summed E-state index contributed by atoms with van der Waals surface area (Å²) in [6, 6.07) is 13.0. The fourth-order valence-electron chi connectivity index (χ4n) is 3.73.